The maximum atomic E-state index is 12.5. The first-order valence-electron chi connectivity index (χ1n) is 5.66. The standard InChI is InChI=1S/C14H10F3NO2/c1-8-6-10(7-18-12(8)13(19)20)9-2-4-11(5-3-9)14(15,16)17/h2-7H,1H3,(H,19,20). The van der Waals surface area contributed by atoms with E-state index in [1.54, 1.807) is 13.0 Å². The van der Waals surface area contributed by atoms with Crippen LogP contribution in [0.15, 0.2) is 36.5 Å². The van der Waals surface area contributed by atoms with Crippen LogP contribution in [0.4, 0.5) is 13.2 Å². The molecule has 0 amide bonds. The summed E-state index contributed by atoms with van der Waals surface area (Å²) in [6, 6.07) is 6.21. The number of aromatic carboxylic acids is 1. The number of pyridine rings is 1. The van der Waals surface area contributed by atoms with E-state index in [0.717, 1.165) is 12.1 Å². The van der Waals surface area contributed by atoms with Gasteiger partial charge in [0.2, 0.25) is 0 Å². The van der Waals surface area contributed by atoms with Crippen molar-refractivity contribution in [2.45, 2.75) is 13.1 Å². The van der Waals surface area contributed by atoms with Gasteiger partial charge in [-0.15, -0.1) is 0 Å². The van der Waals surface area contributed by atoms with Gasteiger partial charge >= 0.3 is 12.1 Å². The van der Waals surface area contributed by atoms with Gasteiger partial charge in [-0.2, -0.15) is 13.2 Å². The molecule has 0 aliphatic carbocycles. The number of carbonyl (C=O) groups is 1. The summed E-state index contributed by atoms with van der Waals surface area (Å²) in [5, 5.41) is 8.87. The smallest absolute Gasteiger partial charge is 0.416 e. The summed E-state index contributed by atoms with van der Waals surface area (Å²) in [6.07, 6.45) is -3.04. The molecule has 0 aliphatic heterocycles. The zero-order valence-electron chi connectivity index (χ0n) is 10.4. The van der Waals surface area contributed by atoms with Crippen molar-refractivity contribution < 1.29 is 23.1 Å². The molecule has 0 aliphatic rings. The van der Waals surface area contributed by atoms with Gasteiger partial charge in [-0.25, -0.2) is 9.78 Å². The monoisotopic (exact) mass is 281 g/mol. The molecule has 0 unspecified atom stereocenters. The van der Waals surface area contributed by atoms with Gasteiger partial charge in [0.05, 0.1) is 5.56 Å². The summed E-state index contributed by atoms with van der Waals surface area (Å²) in [7, 11) is 0. The molecule has 1 aromatic carbocycles. The quantitative estimate of drug-likeness (QED) is 0.911. The average molecular weight is 281 g/mol. The minimum Gasteiger partial charge on any atom is -0.477 e. The Morgan fingerprint density at radius 2 is 1.75 bits per heavy atom. The maximum absolute atomic E-state index is 12.5. The second-order valence-electron chi connectivity index (χ2n) is 4.27. The Hall–Kier alpha value is -2.37. The van der Waals surface area contributed by atoms with E-state index in [1.807, 2.05) is 0 Å². The number of hydrogen-bond donors (Lipinski definition) is 1. The highest BCUT2D eigenvalue weighted by Crippen LogP contribution is 2.31. The fraction of sp³-hybridized carbons (Fsp3) is 0.143. The van der Waals surface area contributed by atoms with Crippen molar-refractivity contribution >= 4 is 5.97 Å². The summed E-state index contributed by atoms with van der Waals surface area (Å²) in [5.74, 6) is -1.14. The molecule has 0 radical (unpaired) electrons. The van der Waals surface area contributed by atoms with Crippen molar-refractivity contribution in [2.24, 2.45) is 0 Å². The minimum atomic E-state index is -4.38. The largest absolute Gasteiger partial charge is 0.477 e. The highest BCUT2D eigenvalue weighted by Gasteiger charge is 2.29. The van der Waals surface area contributed by atoms with E-state index in [4.69, 9.17) is 5.11 Å². The number of hydrogen-bond acceptors (Lipinski definition) is 2. The van der Waals surface area contributed by atoms with Crippen molar-refractivity contribution in [1.82, 2.24) is 4.98 Å². The van der Waals surface area contributed by atoms with Crippen LogP contribution in [0, 0.1) is 6.92 Å². The second kappa shape index (κ2) is 4.96. The molecule has 1 N–H and O–H groups in total. The molecule has 0 atom stereocenters. The Morgan fingerprint density at radius 1 is 1.15 bits per heavy atom. The third-order valence-corrected chi connectivity index (χ3v) is 2.83. The maximum Gasteiger partial charge on any atom is 0.416 e. The Bertz CT molecular complexity index is 648. The number of aryl methyl sites for hydroxylation is 1. The number of carboxylic acids is 1. The minimum absolute atomic E-state index is 0.0688. The first-order chi connectivity index (χ1) is 9.29. The lowest BCUT2D eigenvalue weighted by Crippen LogP contribution is -2.04. The number of carboxylic acid groups (broad SMARTS) is 1. The van der Waals surface area contributed by atoms with E-state index >= 15 is 0 Å². The highest BCUT2D eigenvalue weighted by atomic mass is 19.4. The van der Waals surface area contributed by atoms with Gasteiger partial charge in [0.1, 0.15) is 0 Å². The molecule has 1 aromatic heterocycles. The Morgan fingerprint density at radius 3 is 2.20 bits per heavy atom. The molecule has 6 heteroatoms. The molecule has 1 heterocycles. The third-order valence-electron chi connectivity index (χ3n) is 2.83. The molecule has 0 fully saturated rings. The van der Waals surface area contributed by atoms with Crippen molar-refractivity contribution in [3.63, 3.8) is 0 Å². The van der Waals surface area contributed by atoms with Crippen LogP contribution < -0.4 is 0 Å². The number of halogens is 3. The van der Waals surface area contributed by atoms with Gasteiger partial charge in [-0.05, 0) is 36.2 Å². The summed E-state index contributed by atoms with van der Waals surface area (Å²) in [5.41, 5.74) is 0.774. The molecule has 104 valence electrons. The molecular formula is C14H10F3NO2. The molecule has 0 saturated heterocycles. The van der Waals surface area contributed by atoms with Gasteiger partial charge in [-0.3, -0.25) is 0 Å². The number of aromatic nitrogens is 1. The molecule has 2 aromatic rings. The van der Waals surface area contributed by atoms with E-state index in [1.165, 1.54) is 18.3 Å². The Balaban J connectivity index is 2.37. The van der Waals surface area contributed by atoms with Crippen LogP contribution in [-0.2, 0) is 6.18 Å². The van der Waals surface area contributed by atoms with E-state index in [9.17, 15) is 18.0 Å². The van der Waals surface area contributed by atoms with E-state index < -0.39 is 17.7 Å². The summed E-state index contributed by atoms with van der Waals surface area (Å²) >= 11 is 0. The first kappa shape index (κ1) is 14.0. The predicted molar refractivity (Wildman–Crippen MR) is 66.4 cm³/mol. The van der Waals surface area contributed by atoms with Crippen molar-refractivity contribution in [3.05, 3.63) is 53.3 Å². The Kier molecular flexibility index (Phi) is 3.48. The third kappa shape index (κ3) is 2.79. The van der Waals surface area contributed by atoms with Gasteiger partial charge in [0, 0.05) is 11.8 Å². The average Bonchev–Trinajstić information content (AvgIpc) is 2.37. The molecule has 0 bridgehead atoms. The molecule has 2 rings (SSSR count). The lowest BCUT2D eigenvalue weighted by Gasteiger charge is -2.08. The summed E-state index contributed by atoms with van der Waals surface area (Å²) in [6.45, 7) is 1.59. The molecule has 3 nitrogen and oxygen atoms in total. The second-order valence-corrected chi connectivity index (χ2v) is 4.27. The fourth-order valence-corrected chi connectivity index (χ4v) is 1.81. The normalized spacial score (nSPS) is 11.4. The molecule has 20 heavy (non-hydrogen) atoms. The van der Waals surface area contributed by atoms with Crippen molar-refractivity contribution in [1.29, 1.82) is 0 Å². The van der Waals surface area contributed by atoms with Crippen molar-refractivity contribution in [3.8, 4) is 11.1 Å². The molecule has 0 saturated carbocycles. The van der Waals surface area contributed by atoms with E-state index in [-0.39, 0.29) is 5.69 Å². The van der Waals surface area contributed by atoms with Crippen molar-refractivity contribution in [2.75, 3.05) is 0 Å². The van der Waals surface area contributed by atoms with Gasteiger partial charge in [-0.1, -0.05) is 12.1 Å². The summed E-state index contributed by atoms with van der Waals surface area (Å²) in [4.78, 5) is 14.6. The lowest BCUT2D eigenvalue weighted by molar-refractivity contribution is -0.137. The van der Waals surface area contributed by atoms with Crippen LogP contribution in [0.25, 0.3) is 11.1 Å². The van der Waals surface area contributed by atoms with Crippen LogP contribution >= 0.6 is 0 Å². The molecule has 0 spiro atoms. The predicted octanol–water partition coefficient (Wildman–Crippen LogP) is 3.77. The number of alkyl halides is 3. The number of rotatable bonds is 2. The van der Waals surface area contributed by atoms with Crippen LogP contribution in [0.1, 0.15) is 21.6 Å². The van der Waals surface area contributed by atoms with Crippen LogP contribution in [0.3, 0.4) is 0 Å². The van der Waals surface area contributed by atoms with Gasteiger partial charge < -0.3 is 5.11 Å². The fourth-order valence-electron chi connectivity index (χ4n) is 1.81. The van der Waals surface area contributed by atoms with Gasteiger partial charge in [0.15, 0.2) is 5.69 Å². The van der Waals surface area contributed by atoms with Crippen LogP contribution in [0.5, 0.6) is 0 Å². The topological polar surface area (TPSA) is 50.2 Å². The van der Waals surface area contributed by atoms with Crippen LogP contribution in [-0.4, -0.2) is 16.1 Å². The highest BCUT2D eigenvalue weighted by molar-refractivity contribution is 5.87. The summed E-state index contributed by atoms with van der Waals surface area (Å²) < 4.78 is 37.4. The lowest BCUT2D eigenvalue weighted by atomic mass is 10.0. The SMILES string of the molecule is Cc1cc(-c2ccc(C(F)(F)F)cc2)cnc1C(=O)O. The zero-order valence-corrected chi connectivity index (χ0v) is 10.4. The van der Waals surface area contributed by atoms with Gasteiger partial charge in [0.25, 0.3) is 0 Å². The first-order valence-corrected chi connectivity index (χ1v) is 5.66. The Labute approximate surface area is 112 Å². The van der Waals surface area contributed by atoms with E-state index in [0.29, 0.717) is 16.7 Å². The number of benzene rings is 1. The zero-order chi connectivity index (χ0) is 14.9. The van der Waals surface area contributed by atoms with E-state index in [2.05, 4.69) is 4.98 Å². The number of nitrogens with zero attached hydrogens (tertiary/aromatic N) is 1. The molecular weight excluding hydrogens is 271 g/mol. The van der Waals surface area contributed by atoms with Crippen LogP contribution in [0.2, 0.25) is 0 Å².